The molecule has 24 heavy (non-hydrogen) atoms. The number of thiocarbonyl (C=S) groups is 1. The second kappa shape index (κ2) is 8.50. The van der Waals surface area contributed by atoms with Gasteiger partial charge in [0.2, 0.25) is 0 Å². The SMILES string of the molecule is COc1ccccc1OCC(=O)NC(=S)Nc1ccc(C#N)cc1. The molecule has 0 saturated heterocycles. The summed E-state index contributed by atoms with van der Waals surface area (Å²) in [5, 5.41) is 14.3. The highest BCUT2D eigenvalue weighted by Crippen LogP contribution is 2.25. The first kappa shape index (κ1) is 17.2. The average molecular weight is 341 g/mol. The third-order valence-electron chi connectivity index (χ3n) is 2.95. The van der Waals surface area contributed by atoms with Crippen molar-refractivity contribution in [1.29, 1.82) is 5.26 Å². The predicted molar refractivity (Wildman–Crippen MR) is 94.0 cm³/mol. The van der Waals surface area contributed by atoms with E-state index < -0.39 is 5.91 Å². The molecule has 0 heterocycles. The summed E-state index contributed by atoms with van der Waals surface area (Å²) in [6, 6.07) is 15.8. The van der Waals surface area contributed by atoms with E-state index in [1.165, 1.54) is 7.11 Å². The summed E-state index contributed by atoms with van der Waals surface area (Å²) >= 11 is 5.06. The van der Waals surface area contributed by atoms with E-state index in [9.17, 15) is 4.79 Å². The summed E-state index contributed by atoms with van der Waals surface area (Å²) in [7, 11) is 1.53. The first-order valence-electron chi connectivity index (χ1n) is 6.99. The van der Waals surface area contributed by atoms with Gasteiger partial charge < -0.3 is 14.8 Å². The molecule has 0 aliphatic carbocycles. The molecule has 6 nitrogen and oxygen atoms in total. The van der Waals surface area contributed by atoms with Crippen molar-refractivity contribution >= 4 is 28.9 Å². The van der Waals surface area contributed by atoms with E-state index in [2.05, 4.69) is 10.6 Å². The first-order chi connectivity index (χ1) is 11.6. The molecule has 2 N–H and O–H groups in total. The van der Waals surface area contributed by atoms with E-state index in [4.69, 9.17) is 27.0 Å². The molecule has 1 amide bonds. The van der Waals surface area contributed by atoms with E-state index in [0.717, 1.165) is 0 Å². The number of nitriles is 1. The van der Waals surface area contributed by atoms with Crippen molar-refractivity contribution < 1.29 is 14.3 Å². The predicted octanol–water partition coefficient (Wildman–Crippen LogP) is 2.46. The fourth-order valence-corrected chi connectivity index (χ4v) is 2.07. The lowest BCUT2D eigenvalue weighted by Gasteiger charge is -2.12. The van der Waals surface area contributed by atoms with E-state index in [-0.39, 0.29) is 11.7 Å². The zero-order valence-electron chi connectivity index (χ0n) is 12.9. The highest BCUT2D eigenvalue weighted by molar-refractivity contribution is 7.80. The molecule has 0 spiro atoms. The summed E-state index contributed by atoms with van der Waals surface area (Å²) in [6.07, 6.45) is 0. The quantitative estimate of drug-likeness (QED) is 0.813. The monoisotopic (exact) mass is 341 g/mol. The van der Waals surface area contributed by atoms with Crippen molar-refractivity contribution in [3.05, 3.63) is 54.1 Å². The van der Waals surface area contributed by atoms with Gasteiger partial charge >= 0.3 is 0 Å². The molecule has 0 aliphatic rings. The van der Waals surface area contributed by atoms with Crippen LogP contribution in [-0.2, 0) is 4.79 Å². The van der Waals surface area contributed by atoms with E-state index in [1.54, 1.807) is 42.5 Å². The van der Waals surface area contributed by atoms with Crippen LogP contribution in [0.1, 0.15) is 5.56 Å². The smallest absolute Gasteiger partial charge is 0.264 e. The number of ether oxygens (including phenoxy) is 2. The summed E-state index contributed by atoms with van der Waals surface area (Å²) in [5.41, 5.74) is 1.21. The number of nitrogens with zero attached hydrogens (tertiary/aromatic N) is 1. The minimum Gasteiger partial charge on any atom is -0.493 e. The van der Waals surface area contributed by atoms with Crippen LogP contribution < -0.4 is 20.1 Å². The van der Waals surface area contributed by atoms with E-state index in [1.807, 2.05) is 12.1 Å². The lowest BCUT2D eigenvalue weighted by molar-refractivity contribution is -0.121. The van der Waals surface area contributed by atoms with Crippen molar-refractivity contribution in [2.45, 2.75) is 0 Å². The lowest BCUT2D eigenvalue weighted by Crippen LogP contribution is -2.37. The molecule has 122 valence electrons. The van der Waals surface area contributed by atoms with Crippen LogP contribution >= 0.6 is 12.2 Å². The summed E-state index contributed by atoms with van der Waals surface area (Å²) in [6.45, 7) is -0.199. The zero-order valence-corrected chi connectivity index (χ0v) is 13.7. The molecule has 0 fully saturated rings. The summed E-state index contributed by atoms with van der Waals surface area (Å²) in [4.78, 5) is 11.9. The third-order valence-corrected chi connectivity index (χ3v) is 3.16. The molecule has 0 radical (unpaired) electrons. The van der Waals surface area contributed by atoms with E-state index in [0.29, 0.717) is 22.7 Å². The van der Waals surface area contributed by atoms with Gasteiger partial charge in [0.25, 0.3) is 5.91 Å². The minimum atomic E-state index is -0.396. The highest BCUT2D eigenvalue weighted by atomic mass is 32.1. The van der Waals surface area contributed by atoms with Gasteiger partial charge in [0.05, 0.1) is 18.7 Å². The van der Waals surface area contributed by atoms with Gasteiger partial charge in [-0.3, -0.25) is 10.1 Å². The Hall–Kier alpha value is -3.11. The number of nitrogens with one attached hydrogen (secondary N) is 2. The molecular formula is C17H15N3O3S. The fraction of sp³-hybridized carbons (Fsp3) is 0.118. The number of hydrogen-bond donors (Lipinski definition) is 2. The number of para-hydroxylation sites is 2. The average Bonchev–Trinajstić information content (AvgIpc) is 2.60. The highest BCUT2D eigenvalue weighted by Gasteiger charge is 2.08. The molecule has 2 aromatic carbocycles. The zero-order chi connectivity index (χ0) is 17.4. The maximum atomic E-state index is 11.9. The topological polar surface area (TPSA) is 83.4 Å². The van der Waals surface area contributed by atoms with Crippen molar-refractivity contribution in [1.82, 2.24) is 5.32 Å². The van der Waals surface area contributed by atoms with Gasteiger partial charge in [-0.2, -0.15) is 5.26 Å². The molecule has 0 aliphatic heterocycles. The van der Waals surface area contributed by atoms with Crippen LogP contribution in [0.5, 0.6) is 11.5 Å². The fourth-order valence-electron chi connectivity index (χ4n) is 1.83. The molecule has 0 unspecified atom stereocenters. The number of anilines is 1. The van der Waals surface area contributed by atoms with Gasteiger partial charge in [0, 0.05) is 5.69 Å². The van der Waals surface area contributed by atoms with Crippen molar-refractivity contribution in [3.63, 3.8) is 0 Å². The maximum Gasteiger partial charge on any atom is 0.264 e. The number of benzene rings is 2. The Balaban J connectivity index is 1.83. The Morgan fingerprint density at radius 1 is 1.17 bits per heavy atom. The Morgan fingerprint density at radius 3 is 2.46 bits per heavy atom. The van der Waals surface area contributed by atoms with Gasteiger partial charge in [0.15, 0.2) is 23.2 Å². The number of rotatable bonds is 5. The van der Waals surface area contributed by atoms with Crippen LogP contribution in [0.2, 0.25) is 0 Å². The van der Waals surface area contributed by atoms with Gasteiger partial charge in [0.1, 0.15) is 0 Å². The van der Waals surface area contributed by atoms with Gasteiger partial charge in [-0.25, -0.2) is 0 Å². The standard InChI is InChI=1S/C17H15N3O3S/c1-22-14-4-2-3-5-15(14)23-11-16(21)20-17(24)19-13-8-6-12(10-18)7-9-13/h2-9H,11H2,1H3,(H2,19,20,21,24). The Labute approximate surface area is 145 Å². The number of methoxy groups -OCH3 is 1. The Morgan fingerprint density at radius 2 is 1.83 bits per heavy atom. The van der Waals surface area contributed by atoms with Gasteiger partial charge in [-0.15, -0.1) is 0 Å². The largest absolute Gasteiger partial charge is 0.493 e. The van der Waals surface area contributed by atoms with Crippen LogP contribution in [0, 0.1) is 11.3 Å². The number of amides is 1. The number of carbonyl (C=O) groups is 1. The van der Waals surface area contributed by atoms with Crippen molar-refractivity contribution in [2.24, 2.45) is 0 Å². The van der Waals surface area contributed by atoms with Crippen molar-refractivity contribution in [2.75, 3.05) is 19.0 Å². The summed E-state index contributed by atoms with van der Waals surface area (Å²) < 4.78 is 10.5. The second-order valence-corrected chi connectivity index (χ2v) is 5.04. The lowest BCUT2D eigenvalue weighted by atomic mass is 10.2. The van der Waals surface area contributed by atoms with Crippen molar-refractivity contribution in [3.8, 4) is 17.6 Å². The van der Waals surface area contributed by atoms with E-state index >= 15 is 0 Å². The second-order valence-electron chi connectivity index (χ2n) is 4.63. The molecule has 0 saturated carbocycles. The molecule has 2 rings (SSSR count). The maximum absolute atomic E-state index is 11.9. The van der Waals surface area contributed by atoms with Crippen LogP contribution in [0.25, 0.3) is 0 Å². The Bertz CT molecular complexity index is 769. The third kappa shape index (κ3) is 4.97. The Kier molecular flexibility index (Phi) is 6.11. The molecule has 0 aromatic heterocycles. The van der Waals surface area contributed by atoms with Crippen LogP contribution in [-0.4, -0.2) is 24.7 Å². The van der Waals surface area contributed by atoms with Crippen LogP contribution in [0.3, 0.4) is 0 Å². The molecule has 0 atom stereocenters. The number of hydrogen-bond acceptors (Lipinski definition) is 5. The number of carbonyl (C=O) groups excluding carboxylic acids is 1. The van der Waals surface area contributed by atoms with Crippen LogP contribution in [0.4, 0.5) is 5.69 Å². The minimum absolute atomic E-state index is 0.147. The molecule has 0 bridgehead atoms. The van der Waals surface area contributed by atoms with Crippen LogP contribution in [0.15, 0.2) is 48.5 Å². The van der Waals surface area contributed by atoms with Gasteiger partial charge in [-0.1, -0.05) is 12.1 Å². The van der Waals surface area contributed by atoms with Gasteiger partial charge in [-0.05, 0) is 48.6 Å². The molecule has 7 heteroatoms. The normalized spacial score (nSPS) is 9.50. The molecular weight excluding hydrogens is 326 g/mol. The first-order valence-corrected chi connectivity index (χ1v) is 7.40. The molecule has 2 aromatic rings. The summed E-state index contributed by atoms with van der Waals surface area (Å²) in [5.74, 6) is 0.622.